The van der Waals surface area contributed by atoms with Gasteiger partial charge in [-0.05, 0) is 31.4 Å². The van der Waals surface area contributed by atoms with Crippen molar-refractivity contribution in [3.8, 4) is 5.69 Å². The van der Waals surface area contributed by atoms with E-state index in [0.29, 0.717) is 25.6 Å². The largest absolute Gasteiger partial charge is 0.384 e. The number of ether oxygens (including phenoxy) is 1. The van der Waals surface area contributed by atoms with Crippen LogP contribution in [0, 0.1) is 5.92 Å². The number of para-hydroxylation sites is 1. The van der Waals surface area contributed by atoms with Crippen molar-refractivity contribution in [2.75, 3.05) is 25.5 Å². The monoisotopic (exact) mass is 314 g/mol. The highest BCUT2D eigenvalue weighted by molar-refractivity contribution is 5.78. The van der Waals surface area contributed by atoms with Crippen LogP contribution in [-0.2, 0) is 16.0 Å². The molecule has 3 N–H and O–H groups in total. The second kappa shape index (κ2) is 7.28. The number of carbonyl (C=O) groups excluding carboxylic acids is 1. The molecule has 1 amide bonds. The SMILES string of the molecule is Nc1cc(CCCNC(=O)[C@@H]2CCOC2)nn1-c1ccccc1. The van der Waals surface area contributed by atoms with Crippen molar-refractivity contribution >= 4 is 11.7 Å². The van der Waals surface area contributed by atoms with Gasteiger partial charge in [-0.2, -0.15) is 5.10 Å². The summed E-state index contributed by atoms with van der Waals surface area (Å²) in [6.07, 6.45) is 2.44. The maximum Gasteiger partial charge on any atom is 0.225 e. The normalized spacial score (nSPS) is 17.3. The Hall–Kier alpha value is -2.34. The smallest absolute Gasteiger partial charge is 0.225 e. The van der Waals surface area contributed by atoms with Crippen LogP contribution in [0.1, 0.15) is 18.5 Å². The number of benzene rings is 1. The highest BCUT2D eigenvalue weighted by atomic mass is 16.5. The maximum atomic E-state index is 11.9. The van der Waals surface area contributed by atoms with Crippen LogP contribution >= 0.6 is 0 Å². The van der Waals surface area contributed by atoms with Crippen LogP contribution in [0.5, 0.6) is 0 Å². The zero-order valence-electron chi connectivity index (χ0n) is 13.1. The van der Waals surface area contributed by atoms with Gasteiger partial charge in [0, 0.05) is 19.2 Å². The van der Waals surface area contributed by atoms with Crippen LogP contribution in [0.3, 0.4) is 0 Å². The zero-order valence-corrected chi connectivity index (χ0v) is 13.1. The Morgan fingerprint density at radius 3 is 2.96 bits per heavy atom. The van der Waals surface area contributed by atoms with E-state index in [9.17, 15) is 4.79 Å². The number of anilines is 1. The summed E-state index contributed by atoms with van der Waals surface area (Å²) >= 11 is 0. The lowest BCUT2D eigenvalue weighted by atomic mass is 10.1. The van der Waals surface area contributed by atoms with E-state index in [0.717, 1.165) is 30.6 Å². The number of aromatic nitrogens is 2. The highest BCUT2D eigenvalue weighted by Gasteiger charge is 2.22. The number of nitrogen functional groups attached to an aromatic ring is 1. The average Bonchev–Trinajstić information content (AvgIpc) is 3.22. The van der Waals surface area contributed by atoms with Crippen molar-refractivity contribution in [1.29, 1.82) is 0 Å². The first-order valence-corrected chi connectivity index (χ1v) is 7.99. The van der Waals surface area contributed by atoms with Gasteiger partial charge >= 0.3 is 0 Å². The van der Waals surface area contributed by atoms with Gasteiger partial charge in [-0.3, -0.25) is 4.79 Å². The zero-order chi connectivity index (χ0) is 16.1. The molecule has 0 unspecified atom stereocenters. The van der Waals surface area contributed by atoms with E-state index < -0.39 is 0 Å². The van der Waals surface area contributed by atoms with Crippen LogP contribution in [-0.4, -0.2) is 35.4 Å². The van der Waals surface area contributed by atoms with Crippen molar-refractivity contribution in [1.82, 2.24) is 15.1 Å². The first-order chi connectivity index (χ1) is 11.2. The molecule has 0 bridgehead atoms. The fraction of sp³-hybridized carbons (Fsp3) is 0.412. The van der Waals surface area contributed by atoms with Crippen LogP contribution in [0.2, 0.25) is 0 Å². The molecule has 1 aliphatic heterocycles. The van der Waals surface area contributed by atoms with Gasteiger partial charge in [-0.25, -0.2) is 4.68 Å². The maximum absolute atomic E-state index is 11.9. The molecule has 1 aromatic carbocycles. The number of hydrogen-bond acceptors (Lipinski definition) is 4. The summed E-state index contributed by atoms with van der Waals surface area (Å²) in [5, 5.41) is 7.50. The molecular weight excluding hydrogens is 292 g/mol. The van der Waals surface area contributed by atoms with E-state index in [-0.39, 0.29) is 11.8 Å². The number of aryl methyl sites for hydroxylation is 1. The van der Waals surface area contributed by atoms with Crippen LogP contribution in [0.15, 0.2) is 36.4 Å². The third kappa shape index (κ3) is 3.90. The summed E-state index contributed by atoms with van der Waals surface area (Å²) in [5.41, 5.74) is 7.91. The van der Waals surface area contributed by atoms with Crippen molar-refractivity contribution in [3.63, 3.8) is 0 Å². The standard InChI is InChI=1S/C17H22N4O2/c18-16-11-14(20-21(16)15-6-2-1-3-7-15)5-4-9-19-17(22)13-8-10-23-12-13/h1-3,6-7,11,13H,4-5,8-10,12,18H2,(H,19,22)/t13-/m1/s1. The van der Waals surface area contributed by atoms with Gasteiger partial charge in [0.25, 0.3) is 0 Å². The first kappa shape index (κ1) is 15.6. The summed E-state index contributed by atoms with van der Waals surface area (Å²) in [5.74, 6) is 0.734. The second-order valence-corrected chi connectivity index (χ2v) is 5.76. The molecule has 6 heteroatoms. The third-order valence-corrected chi connectivity index (χ3v) is 4.00. The lowest BCUT2D eigenvalue weighted by Crippen LogP contribution is -2.31. The molecule has 122 valence electrons. The molecule has 3 rings (SSSR count). The minimum Gasteiger partial charge on any atom is -0.384 e. The number of nitrogens with zero attached hydrogens (tertiary/aromatic N) is 2. The predicted molar refractivity (Wildman–Crippen MR) is 88.2 cm³/mol. The first-order valence-electron chi connectivity index (χ1n) is 7.99. The number of rotatable bonds is 6. The molecule has 2 aromatic rings. The fourth-order valence-corrected chi connectivity index (χ4v) is 2.71. The Morgan fingerprint density at radius 2 is 2.22 bits per heavy atom. The molecule has 0 saturated carbocycles. The van der Waals surface area contributed by atoms with Gasteiger partial charge in [-0.1, -0.05) is 18.2 Å². The van der Waals surface area contributed by atoms with Gasteiger partial charge in [0.05, 0.1) is 23.9 Å². The molecule has 0 aliphatic carbocycles. The molecule has 1 aliphatic rings. The lowest BCUT2D eigenvalue weighted by molar-refractivity contribution is -0.124. The Labute approximate surface area is 135 Å². The number of nitrogens with one attached hydrogen (secondary N) is 1. The van der Waals surface area contributed by atoms with Gasteiger partial charge in [0.2, 0.25) is 5.91 Å². The molecule has 2 heterocycles. The van der Waals surface area contributed by atoms with Crippen molar-refractivity contribution < 1.29 is 9.53 Å². The number of nitrogens with two attached hydrogens (primary N) is 1. The number of carbonyl (C=O) groups is 1. The van der Waals surface area contributed by atoms with Gasteiger partial charge in [0.15, 0.2) is 0 Å². The van der Waals surface area contributed by atoms with Crippen molar-refractivity contribution in [2.24, 2.45) is 5.92 Å². The van der Waals surface area contributed by atoms with E-state index >= 15 is 0 Å². The van der Waals surface area contributed by atoms with Crippen LogP contribution < -0.4 is 11.1 Å². The van der Waals surface area contributed by atoms with Crippen LogP contribution in [0.25, 0.3) is 5.69 Å². The van der Waals surface area contributed by atoms with E-state index in [2.05, 4.69) is 10.4 Å². The molecule has 1 saturated heterocycles. The van der Waals surface area contributed by atoms with Crippen molar-refractivity contribution in [3.05, 3.63) is 42.1 Å². The molecular formula is C17H22N4O2. The molecule has 23 heavy (non-hydrogen) atoms. The minimum atomic E-state index is 0.0166. The fourth-order valence-electron chi connectivity index (χ4n) is 2.71. The molecule has 1 atom stereocenters. The van der Waals surface area contributed by atoms with E-state index in [1.807, 2.05) is 36.4 Å². The number of amides is 1. The minimum absolute atomic E-state index is 0.0166. The third-order valence-electron chi connectivity index (χ3n) is 4.00. The number of hydrogen-bond donors (Lipinski definition) is 2. The second-order valence-electron chi connectivity index (χ2n) is 5.76. The summed E-state index contributed by atoms with van der Waals surface area (Å²) in [6, 6.07) is 11.7. The molecule has 0 radical (unpaired) electrons. The Kier molecular flexibility index (Phi) is 4.92. The molecule has 1 aromatic heterocycles. The molecule has 1 fully saturated rings. The van der Waals surface area contributed by atoms with E-state index in [4.69, 9.17) is 10.5 Å². The summed E-state index contributed by atoms with van der Waals surface area (Å²) in [4.78, 5) is 11.9. The van der Waals surface area contributed by atoms with Crippen molar-refractivity contribution in [2.45, 2.75) is 19.3 Å². The predicted octanol–water partition coefficient (Wildman–Crippen LogP) is 1.54. The Balaban J connectivity index is 1.48. The molecule has 6 nitrogen and oxygen atoms in total. The highest BCUT2D eigenvalue weighted by Crippen LogP contribution is 2.15. The quantitative estimate of drug-likeness (QED) is 0.792. The lowest BCUT2D eigenvalue weighted by Gasteiger charge is -2.08. The average molecular weight is 314 g/mol. The summed E-state index contributed by atoms with van der Waals surface area (Å²) < 4.78 is 6.96. The summed E-state index contributed by atoms with van der Waals surface area (Å²) in [7, 11) is 0. The van der Waals surface area contributed by atoms with Gasteiger partial charge in [0.1, 0.15) is 5.82 Å². The topological polar surface area (TPSA) is 82.2 Å². The Bertz CT molecular complexity index is 648. The Morgan fingerprint density at radius 1 is 1.39 bits per heavy atom. The van der Waals surface area contributed by atoms with Gasteiger partial charge in [-0.15, -0.1) is 0 Å². The van der Waals surface area contributed by atoms with E-state index in [1.165, 1.54) is 0 Å². The summed E-state index contributed by atoms with van der Waals surface area (Å²) in [6.45, 7) is 1.88. The van der Waals surface area contributed by atoms with Gasteiger partial charge < -0.3 is 15.8 Å². The molecule has 0 spiro atoms. The van der Waals surface area contributed by atoms with Crippen LogP contribution in [0.4, 0.5) is 5.82 Å². The van der Waals surface area contributed by atoms with E-state index in [1.54, 1.807) is 4.68 Å².